The summed E-state index contributed by atoms with van der Waals surface area (Å²) < 4.78 is 0. The molecule has 96 valence electrons. The lowest BCUT2D eigenvalue weighted by Gasteiger charge is -2.47. The average molecular weight is 244 g/mol. The van der Waals surface area contributed by atoms with Gasteiger partial charge in [-0.15, -0.1) is 0 Å². The fourth-order valence-electron chi connectivity index (χ4n) is 3.98. The molecule has 0 amide bonds. The van der Waals surface area contributed by atoms with Crippen molar-refractivity contribution in [3.05, 3.63) is 29.3 Å². The van der Waals surface area contributed by atoms with E-state index in [-0.39, 0.29) is 0 Å². The largest absolute Gasteiger partial charge is 0.508 e. The lowest BCUT2D eigenvalue weighted by Crippen LogP contribution is -2.38. The third-order valence-corrected chi connectivity index (χ3v) is 5.17. The number of phenolic OH excluding ortho intramolecular Hbond substituents is 1. The van der Waals surface area contributed by atoms with Gasteiger partial charge in [-0.2, -0.15) is 0 Å². The molecule has 2 aliphatic rings. The Bertz CT molecular complexity index is 492. The van der Waals surface area contributed by atoms with Crippen molar-refractivity contribution in [3.63, 3.8) is 0 Å². The van der Waals surface area contributed by atoms with Gasteiger partial charge in [0.15, 0.2) is 0 Å². The maximum absolute atomic E-state index is 11.8. The van der Waals surface area contributed by atoms with Crippen LogP contribution in [0.25, 0.3) is 0 Å². The number of carbonyl (C=O) groups excluding carboxylic acids is 1. The van der Waals surface area contributed by atoms with Crippen molar-refractivity contribution in [2.24, 2.45) is 5.41 Å². The number of phenols is 1. The summed E-state index contributed by atoms with van der Waals surface area (Å²) >= 11 is 0. The molecule has 1 aromatic rings. The summed E-state index contributed by atoms with van der Waals surface area (Å²) in [6.07, 6.45) is 5.88. The summed E-state index contributed by atoms with van der Waals surface area (Å²) in [6.45, 7) is 2.26. The van der Waals surface area contributed by atoms with Gasteiger partial charge >= 0.3 is 0 Å². The molecule has 0 bridgehead atoms. The smallest absolute Gasteiger partial charge is 0.133 e. The van der Waals surface area contributed by atoms with Crippen LogP contribution in [0.5, 0.6) is 5.75 Å². The summed E-state index contributed by atoms with van der Waals surface area (Å²) in [5.74, 6) is 1.14. The zero-order valence-corrected chi connectivity index (χ0v) is 10.9. The van der Waals surface area contributed by atoms with Gasteiger partial charge in [-0.3, -0.25) is 4.79 Å². The first-order valence-electron chi connectivity index (χ1n) is 6.98. The molecule has 2 atom stereocenters. The first kappa shape index (κ1) is 11.8. The Morgan fingerprint density at radius 2 is 2.11 bits per heavy atom. The van der Waals surface area contributed by atoms with Crippen molar-refractivity contribution >= 4 is 5.78 Å². The zero-order valence-electron chi connectivity index (χ0n) is 10.9. The fourth-order valence-corrected chi connectivity index (χ4v) is 3.98. The summed E-state index contributed by atoms with van der Waals surface area (Å²) in [5, 5.41) is 9.59. The van der Waals surface area contributed by atoms with Gasteiger partial charge in [0.1, 0.15) is 11.5 Å². The molecule has 1 unspecified atom stereocenters. The average Bonchev–Trinajstić information content (AvgIpc) is 2.38. The first-order valence-corrected chi connectivity index (χ1v) is 6.98. The van der Waals surface area contributed by atoms with Crippen molar-refractivity contribution in [2.45, 2.75) is 51.4 Å². The maximum Gasteiger partial charge on any atom is 0.133 e. The van der Waals surface area contributed by atoms with Crippen molar-refractivity contribution in [1.82, 2.24) is 0 Å². The van der Waals surface area contributed by atoms with E-state index >= 15 is 0 Å². The molecule has 1 N–H and O–H groups in total. The molecule has 1 aromatic carbocycles. The van der Waals surface area contributed by atoms with Crippen LogP contribution in [0.2, 0.25) is 0 Å². The van der Waals surface area contributed by atoms with E-state index in [9.17, 15) is 9.90 Å². The third kappa shape index (κ3) is 1.66. The Morgan fingerprint density at radius 1 is 1.33 bits per heavy atom. The molecule has 2 aliphatic carbocycles. The van der Waals surface area contributed by atoms with Crippen LogP contribution >= 0.6 is 0 Å². The predicted octanol–water partition coefficient (Wildman–Crippen LogP) is 3.57. The highest BCUT2D eigenvalue weighted by Crippen LogP contribution is 2.55. The number of rotatable bonds is 1. The van der Waals surface area contributed by atoms with Crippen molar-refractivity contribution in [2.75, 3.05) is 0 Å². The Balaban J connectivity index is 2.07. The molecule has 0 radical (unpaired) electrons. The Labute approximate surface area is 108 Å². The van der Waals surface area contributed by atoms with Gasteiger partial charge in [-0.1, -0.05) is 13.0 Å². The summed E-state index contributed by atoms with van der Waals surface area (Å²) in [6, 6.07) is 5.69. The van der Waals surface area contributed by atoms with Gasteiger partial charge in [0, 0.05) is 12.8 Å². The second kappa shape index (κ2) is 4.11. The van der Waals surface area contributed by atoms with Crippen LogP contribution < -0.4 is 0 Å². The number of ketones is 1. The van der Waals surface area contributed by atoms with Gasteiger partial charge in [0.25, 0.3) is 0 Å². The molecular formula is C16H20O2. The van der Waals surface area contributed by atoms with E-state index in [0.29, 0.717) is 29.3 Å². The standard InChI is InChI=1S/C16H20O2/c1-2-16-7-5-11-9-12(17)3-4-14(11)15(16)10-13(18)6-8-16/h3-4,9,15,17H,2,5-8,10H2,1H3/t15-,16?/m1/s1. The van der Waals surface area contributed by atoms with Crippen LogP contribution in [-0.4, -0.2) is 10.9 Å². The van der Waals surface area contributed by atoms with Crippen LogP contribution in [-0.2, 0) is 11.2 Å². The number of hydrogen-bond donors (Lipinski definition) is 1. The molecule has 0 saturated heterocycles. The van der Waals surface area contributed by atoms with E-state index < -0.39 is 0 Å². The molecule has 2 heteroatoms. The van der Waals surface area contributed by atoms with Gasteiger partial charge < -0.3 is 5.11 Å². The van der Waals surface area contributed by atoms with E-state index in [1.54, 1.807) is 6.07 Å². The molecule has 0 heterocycles. The topological polar surface area (TPSA) is 37.3 Å². The monoisotopic (exact) mass is 244 g/mol. The number of Topliss-reactive ketones (excluding diaryl/α,β-unsaturated/α-hetero) is 1. The second-order valence-corrected chi connectivity index (χ2v) is 5.89. The summed E-state index contributed by atoms with van der Waals surface area (Å²) in [4.78, 5) is 11.8. The van der Waals surface area contributed by atoms with E-state index in [4.69, 9.17) is 0 Å². The van der Waals surface area contributed by atoms with Crippen molar-refractivity contribution in [3.8, 4) is 5.75 Å². The van der Waals surface area contributed by atoms with Gasteiger partial charge in [0.2, 0.25) is 0 Å². The lowest BCUT2D eigenvalue weighted by molar-refractivity contribution is -0.123. The molecule has 1 fully saturated rings. The fraction of sp³-hybridized carbons (Fsp3) is 0.562. The number of hydrogen-bond acceptors (Lipinski definition) is 2. The molecule has 0 spiro atoms. The highest BCUT2D eigenvalue weighted by Gasteiger charge is 2.45. The Morgan fingerprint density at radius 3 is 2.89 bits per heavy atom. The minimum Gasteiger partial charge on any atom is -0.508 e. The predicted molar refractivity (Wildman–Crippen MR) is 70.8 cm³/mol. The molecule has 1 saturated carbocycles. The maximum atomic E-state index is 11.8. The van der Waals surface area contributed by atoms with Gasteiger partial charge in [0.05, 0.1) is 0 Å². The quantitative estimate of drug-likeness (QED) is 0.820. The number of benzene rings is 1. The Hall–Kier alpha value is -1.31. The van der Waals surface area contributed by atoms with Crippen LogP contribution in [0.15, 0.2) is 18.2 Å². The van der Waals surface area contributed by atoms with Crippen LogP contribution in [0.1, 0.15) is 56.1 Å². The van der Waals surface area contributed by atoms with E-state index in [1.165, 1.54) is 11.1 Å². The molecular weight excluding hydrogens is 224 g/mol. The minimum atomic E-state index is 0.331. The molecule has 0 aromatic heterocycles. The number of aromatic hydroxyl groups is 1. The van der Waals surface area contributed by atoms with Gasteiger partial charge in [-0.25, -0.2) is 0 Å². The van der Waals surface area contributed by atoms with Gasteiger partial charge in [-0.05, 0) is 60.3 Å². The normalized spacial score (nSPS) is 30.7. The number of carbonyl (C=O) groups is 1. The SMILES string of the molecule is CCC12CCC(=O)C[C@@H]1c1ccc(O)cc1CC2. The second-order valence-electron chi connectivity index (χ2n) is 5.89. The third-order valence-electron chi connectivity index (χ3n) is 5.17. The Kier molecular flexibility index (Phi) is 2.69. The van der Waals surface area contributed by atoms with E-state index in [0.717, 1.165) is 32.1 Å². The number of aryl methyl sites for hydroxylation is 1. The molecule has 0 aliphatic heterocycles. The number of fused-ring (bicyclic) bond motifs is 3. The van der Waals surface area contributed by atoms with Crippen molar-refractivity contribution in [1.29, 1.82) is 0 Å². The summed E-state index contributed by atoms with van der Waals surface area (Å²) in [5.41, 5.74) is 2.89. The first-order chi connectivity index (χ1) is 8.64. The highest BCUT2D eigenvalue weighted by molar-refractivity contribution is 5.80. The van der Waals surface area contributed by atoms with E-state index in [2.05, 4.69) is 6.92 Å². The van der Waals surface area contributed by atoms with Crippen molar-refractivity contribution < 1.29 is 9.90 Å². The van der Waals surface area contributed by atoms with Crippen LogP contribution in [0, 0.1) is 5.41 Å². The molecule has 18 heavy (non-hydrogen) atoms. The van der Waals surface area contributed by atoms with Crippen LogP contribution in [0.4, 0.5) is 0 Å². The highest BCUT2D eigenvalue weighted by atomic mass is 16.3. The molecule has 3 rings (SSSR count). The zero-order chi connectivity index (χ0) is 12.8. The molecule has 2 nitrogen and oxygen atoms in total. The lowest BCUT2D eigenvalue weighted by atomic mass is 9.56. The van der Waals surface area contributed by atoms with E-state index in [1.807, 2.05) is 12.1 Å². The minimum absolute atomic E-state index is 0.331. The van der Waals surface area contributed by atoms with Crippen LogP contribution in [0.3, 0.4) is 0 Å². The summed E-state index contributed by atoms with van der Waals surface area (Å²) in [7, 11) is 0.